The highest BCUT2D eigenvalue weighted by Gasteiger charge is 2.21. The lowest BCUT2D eigenvalue weighted by molar-refractivity contribution is -0.137. The lowest BCUT2D eigenvalue weighted by atomic mass is 10.0. The van der Waals surface area contributed by atoms with E-state index in [4.69, 9.17) is 9.84 Å². The number of halogens is 1. The summed E-state index contributed by atoms with van der Waals surface area (Å²) in [6.07, 6.45) is 2.91. The molecule has 2 N–H and O–H groups in total. The Balaban J connectivity index is 1.92. The molecule has 1 aliphatic heterocycles. The number of carbonyl (C=O) groups is 2. The van der Waals surface area contributed by atoms with E-state index in [0.717, 1.165) is 18.4 Å². The van der Waals surface area contributed by atoms with Gasteiger partial charge in [0.15, 0.2) is 0 Å². The van der Waals surface area contributed by atoms with Crippen molar-refractivity contribution in [1.29, 1.82) is 0 Å². The number of fused-ring (bicyclic) bond motifs is 1. The van der Waals surface area contributed by atoms with Gasteiger partial charge in [-0.05, 0) is 31.7 Å². The van der Waals surface area contributed by atoms with Crippen LogP contribution in [0.15, 0.2) is 18.2 Å². The summed E-state index contributed by atoms with van der Waals surface area (Å²) in [6.45, 7) is 0.501. The average Bonchev–Trinajstić information content (AvgIpc) is 2.65. The molecule has 0 spiro atoms. The van der Waals surface area contributed by atoms with Gasteiger partial charge in [0.2, 0.25) is 5.91 Å². The number of carbonyl (C=O) groups excluding carboxylic acids is 1. The van der Waals surface area contributed by atoms with Crippen molar-refractivity contribution in [3.05, 3.63) is 29.6 Å². The number of ether oxygens (including phenoxy) is 1. The van der Waals surface area contributed by atoms with Crippen molar-refractivity contribution in [2.45, 2.75) is 44.6 Å². The predicted molar refractivity (Wildman–Crippen MR) is 78.1 cm³/mol. The molecular formula is C16H20FNO4. The first kappa shape index (κ1) is 16.3. The number of hydrogen-bond donors (Lipinski definition) is 2. The minimum atomic E-state index is -0.850. The van der Waals surface area contributed by atoms with Crippen LogP contribution in [0.1, 0.15) is 50.1 Å². The van der Waals surface area contributed by atoms with Crippen molar-refractivity contribution in [2.24, 2.45) is 0 Å². The van der Waals surface area contributed by atoms with E-state index in [1.54, 1.807) is 6.07 Å². The molecule has 0 saturated heterocycles. The fourth-order valence-corrected chi connectivity index (χ4v) is 2.52. The predicted octanol–water partition coefficient (Wildman–Crippen LogP) is 2.80. The Hall–Kier alpha value is -2.11. The summed E-state index contributed by atoms with van der Waals surface area (Å²) in [5.41, 5.74) is 0.790. The molecule has 1 unspecified atom stereocenters. The maximum Gasteiger partial charge on any atom is 0.303 e. The van der Waals surface area contributed by atoms with Gasteiger partial charge >= 0.3 is 5.97 Å². The number of rotatable bonds is 6. The van der Waals surface area contributed by atoms with Crippen LogP contribution in [0.4, 0.5) is 4.39 Å². The van der Waals surface area contributed by atoms with E-state index in [9.17, 15) is 14.0 Å². The number of amides is 1. The fraction of sp³-hybridized carbons (Fsp3) is 0.500. The average molecular weight is 309 g/mol. The lowest BCUT2D eigenvalue weighted by Crippen LogP contribution is -2.28. The molecule has 22 heavy (non-hydrogen) atoms. The van der Waals surface area contributed by atoms with E-state index in [0.29, 0.717) is 31.6 Å². The Labute approximate surface area is 128 Å². The Morgan fingerprint density at radius 1 is 1.32 bits per heavy atom. The third kappa shape index (κ3) is 4.72. The molecule has 6 heteroatoms. The standard InChI is InChI=1S/C16H20FNO4/c17-11-7-8-12-13(4-3-9-22-14(12)10-11)18-15(19)5-1-2-6-16(20)21/h7-8,10,13H,1-6,9H2,(H,18,19)(H,20,21). The van der Waals surface area contributed by atoms with Crippen molar-refractivity contribution in [2.75, 3.05) is 6.61 Å². The van der Waals surface area contributed by atoms with Gasteiger partial charge in [0.1, 0.15) is 11.6 Å². The topological polar surface area (TPSA) is 75.6 Å². The van der Waals surface area contributed by atoms with Crippen LogP contribution in [0.3, 0.4) is 0 Å². The van der Waals surface area contributed by atoms with E-state index in [2.05, 4.69) is 5.32 Å². The first-order valence-electron chi connectivity index (χ1n) is 7.49. The number of carboxylic acids is 1. The normalized spacial score (nSPS) is 17.0. The maximum atomic E-state index is 13.3. The molecule has 1 atom stereocenters. The van der Waals surface area contributed by atoms with Gasteiger partial charge in [-0.15, -0.1) is 0 Å². The summed E-state index contributed by atoms with van der Waals surface area (Å²) in [4.78, 5) is 22.4. The van der Waals surface area contributed by atoms with Gasteiger partial charge in [-0.1, -0.05) is 6.07 Å². The van der Waals surface area contributed by atoms with Crippen LogP contribution >= 0.6 is 0 Å². The molecule has 1 aromatic rings. The molecule has 2 rings (SSSR count). The Morgan fingerprint density at radius 3 is 2.86 bits per heavy atom. The molecule has 1 aliphatic rings. The zero-order chi connectivity index (χ0) is 15.9. The summed E-state index contributed by atoms with van der Waals surface area (Å²) in [6, 6.07) is 4.16. The smallest absolute Gasteiger partial charge is 0.303 e. The lowest BCUT2D eigenvalue weighted by Gasteiger charge is -2.18. The summed E-state index contributed by atoms with van der Waals surface area (Å²) >= 11 is 0. The maximum absolute atomic E-state index is 13.3. The summed E-state index contributed by atoms with van der Waals surface area (Å²) in [5, 5.41) is 11.5. The Kier molecular flexibility index (Phi) is 5.75. The fourth-order valence-electron chi connectivity index (χ4n) is 2.52. The zero-order valence-corrected chi connectivity index (χ0v) is 12.3. The largest absolute Gasteiger partial charge is 0.493 e. The molecule has 0 aromatic heterocycles. The number of hydrogen-bond acceptors (Lipinski definition) is 3. The van der Waals surface area contributed by atoms with E-state index >= 15 is 0 Å². The van der Waals surface area contributed by atoms with E-state index in [1.807, 2.05) is 0 Å². The SMILES string of the molecule is O=C(O)CCCCC(=O)NC1CCCOc2cc(F)ccc21. The number of carboxylic acid groups (broad SMARTS) is 1. The second-order valence-corrected chi connectivity index (χ2v) is 5.39. The van der Waals surface area contributed by atoms with Crippen LogP contribution in [0.5, 0.6) is 5.75 Å². The Morgan fingerprint density at radius 2 is 2.09 bits per heavy atom. The van der Waals surface area contributed by atoms with Crippen LogP contribution in [-0.4, -0.2) is 23.6 Å². The van der Waals surface area contributed by atoms with Gasteiger partial charge in [-0.25, -0.2) is 4.39 Å². The second-order valence-electron chi connectivity index (χ2n) is 5.39. The van der Waals surface area contributed by atoms with E-state index in [1.165, 1.54) is 12.1 Å². The second kappa shape index (κ2) is 7.77. The van der Waals surface area contributed by atoms with Gasteiger partial charge < -0.3 is 15.2 Å². The van der Waals surface area contributed by atoms with Crippen molar-refractivity contribution in [1.82, 2.24) is 5.32 Å². The number of aliphatic carboxylic acids is 1. The third-order valence-electron chi connectivity index (χ3n) is 3.63. The first-order chi connectivity index (χ1) is 10.6. The quantitative estimate of drug-likeness (QED) is 0.792. The highest BCUT2D eigenvalue weighted by molar-refractivity contribution is 5.76. The molecule has 0 saturated carbocycles. The zero-order valence-electron chi connectivity index (χ0n) is 12.3. The summed E-state index contributed by atoms with van der Waals surface area (Å²) < 4.78 is 18.8. The van der Waals surface area contributed by atoms with Gasteiger partial charge in [0.25, 0.3) is 0 Å². The third-order valence-corrected chi connectivity index (χ3v) is 3.63. The van der Waals surface area contributed by atoms with Gasteiger partial charge in [0, 0.05) is 24.5 Å². The van der Waals surface area contributed by atoms with Gasteiger partial charge in [0.05, 0.1) is 12.6 Å². The van der Waals surface area contributed by atoms with Crippen molar-refractivity contribution in [3.8, 4) is 5.75 Å². The first-order valence-corrected chi connectivity index (χ1v) is 7.49. The van der Waals surface area contributed by atoms with Gasteiger partial charge in [-0.2, -0.15) is 0 Å². The summed E-state index contributed by atoms with van der Waals surface area (Å²) in [5.74, 6) is -0.849. The van der Waals surface area contributed by atoms with Crippen LogP contribution in [0.25, 0.3) is 0 Å². The van der Waals surface area contributed by atoms with Crippen LogP contribution in [0.2, 0.25) is 0 Å². The molecule has 1 amide bonds. The minimum Gasteiger partial charge on any atom is -0.493 e. The number of unbranched alkanes of at least 4 members (excludes halogenated alkanes) is 1. The molecular weight excluding hydrogens is 289 g/mol. The Bertz CT molecular complexity index is 547. The van der Waals surface area contributed by atoms with Crippen LogP contribution in [0, 0.1) is 5.82 Å². The monoisotopic (exact) mass is 309 g/mol. The van der Waals surface area contributed by atoms with Crippen LogP contribution < -0.4 is 10.1 Å². The van der Waals surface area contributed by atoms with Crippen molar-refractivity contribution in [3.63, 3.8) is 0 Å². The van der Waals surface area contributed by atoms with E-state index < -0.39 is 5.97 Å². The number of benzene rings is 1. The molecule has 5 nitrogen and oxygen atoms in total. The minimum absolute atomic E-state index is 0.0761. The highest BCUT2D eigenvalue weighted by Crippen LogP contribution is 2.32. The van der Waals surface area contributed by atoms with Gasteiger partial charge in [-0.3, -0.25) is 9.59 Å². The number of nitrogens with one attached hydrogen (secondary N) is 1. The molecule has 1 heterocycles. The molecule has 120 valence electrons. The van der Waals surface area contributed by atoms with Crippen molar-refractivity contribution < 1.29 is 23.8 Å². The molecule has 0 radical (unpaired) electrons. The highest BCUT2D eigenvalue weighted by atomic mass is 19.1. The van der Waals surface area contributed by atoms with Crippen LogP contribution in [-0.2, 0) is 9.59 Å². The molecule has 0 bridgehead atoms. The molecule has 1 aromatic carbocycles. The molecule has 0 aliphatic carbocycles. The molecule has 0 fully saturated rings. The summed E-state index contributed by atoms with van der Waals surface area (Å²) in [7, 11) is 0. The van der Waals surface area contributed by atoms with Crippen molar-refractivity contribution >= 4 is 11.9 Å². The van der Waals surface area contributed by atoms with E-state index in [-0.39, 0.29) is 24.2 Å².